The molecule has 0 saturated carbocycles. The van der Waals surface area contributed by atoms with E-state index >= 15 is 0 Å². The molecule has 2 aromatic rings. The third-order valence-corrected chi connectivity index (χ3v) is 2.27. The van der Waals surface area contributed by atoms with Gasteiger partial charge < -0.3 is 19.0 Å². The van der Waals surface area contributed by atoms with Crippen LogP contribution in [0.25, 0.3) is 10.8 Å². The summed E-state index contributed by atoms with van der Waals surface area (Å²) < 4.78 is 14.4. The molecule has 6 heteroatoms. The molecule has 0 aliphatic rings. The minimum atomic E-state index is -0.788. The van der Waals surface area contributed by atoms with Crippen molar-refractivity contribution in [1.82, 2.24) is 0 Å². The summed E-state index contributed by atoms with van der Waals surface area (Å²) in [5.41, 5.74) is -0.788. The monoisotopic (exact) mass is 250 g/mol. The zero-order chi connectivity index (χ0) is 13.3. The Balaban J connectivity index is 2.70. The topological polar surface area (TPSA) is 86.0 Å². The quantitative estimate of drug-likeness (QED) is 0.811. The van der Waals surface area contributed by atoms with Crippen LogP contribution in [-0.4, -0.2) is 18.2 Å². The van der Waals surface area contributed by atoms with Gasteiger partial charge in [-0.25, -0.2) is 4.79 Å². The summed E-state index contributed by atoms with van der Waals surface area (Å²) in [6.45, 7) is 1.19. The number of fused-ring (bicyclic) bond motifs is 1. The Labute approximate surface area is 101 Å². The Morgan fingerprint density at radius 1 is 1.33 bits per heavy atom. The third-order valence-electron chi connectivity index (χ3n) is 2.27. The lowest BCUT2D eigenvalue weighted by Gasteiger charge is -2.05. The van der Waals surface area contributed by atoms with Gasteiger partial charge in [0.25, 0.3) is 5.95 Å². The first-order valence-electron chi connectivity index (χ1n) is 5.04. The van der Waals surface area contributed by atoms with E-state index < -0.39 is 11.6 Å². The lowest BCUT2D eigenvalue weighted by Crippen LogP contribution is -2.06. The number of aromatic hydroxyl groups is 1. The minimum Gasteiger partial charge on any atom is -0.507 e. The summed E-state index contributed by atoms with van der Waals surface area (Å²) in [7, 11) is 1.43. The molecule has 0 atom stereocenters. The first-order chi connectivity index (χ1) is 8.51. The van der Waals surface area contributed by atoms with E-state index in [0.717, 1.165) is 0 Å². The molecule has 0 aliphatic heterocycles. The Morgan fingerprint density at radius 2 is 2.06 bits per heavy atom. The second-order valence-corrected chi connectivity index (χ2v) is 3.56. The fraction of sp³-hybridized carbons (Fsp3) is 0.167. The molecule has 18 heavy (non-hydrogen) atoms. The fourth-order valence-electron chi connectivity index (χ4n) is 1.57. The van der Waals surface area contributed by atoms with Gasteiger partial charge in [0.1, 0.15) is 16.9 Å². The van der Waals surface area contributed by atoms with Crippen molar-refractivity contribution < 1.29 is 23.8 Å². The molecular formula is C12H10O6. The molecule has 2 rings (SSSR count). The molecular weight excluding hydrogens is 240 g/mol. The first kappa shape index (κ1) is 12.0. The van der Waals surface area contributed by atoms with Gasteiger partial charge in [-0.3, -0.25) is 4.79 Å². The van der Waals surface area contributed by atoms with Crippen molar-refractivity contribution in [2.24, 2.45) is 0 Å². The summed E-state index contributed by atoms with van der Waals surface area (Å²) in [5, 5.41) is 10.1. The van der Waals surface area contributed by atoms with Gasteiger partial charge in [-0.1, -0.05) is 0 Å². The summed E-state index contributed by atoms with van der Waals surface area (Å²) >= 11 is 0. The van der Waals surface area contributed by atoms with Crippen molar-refractivity contribution in [2.75, 3.05) is 7.11 Å². The van der Waals surface area contributed by atoms with E-state index in [2.05, 4.69) is 4.74 Å². The van der Waals surface area contributed by atoms with Gasteiger partial charge in [0.2, 0.25) is 0 Å². The van der Waals surface area contributed by atoms with Crippen LogP contribution >= 0.6 is 0 Å². The minimum absolute atomic E-state index is 0.00621. The number of carbonyl (C=O) groups is 1. The van der Waals surface area contributed by atoms with Crippen molar-refractivity contribution in [3.63, 3.8) is 0 Å². The van der Waals surface area contributed by atoms with Crippen LogP contribution in [0.2, 0.25) is 0 Å². The van der Waals surface area contributed by atoms with E-state index in [1.807, 2.05) is 0 Å². The van der Waals surface area contributed by atoms with E-state index in [4.69, 9.17) is 9.15 Å². The molecule has 0 radical (unpaired) electrons. The highest BCUT2D eigenvalue weighted by molar-refractivity contribution is 5.89. The second-order valence-electron chi connectivity index (χ2n) is 3.56. The number of carbonyl (C=O) groups excluding carboxylic acids is 1. The number of rotatable bonds is 2. The smallest absolute Gasteiger partial charge is 0.350 e. The number of benzene rings is 1. The molecule has 0 fully saturated rings. The SMILES string of the molecule is COc1cc(O)c2c(=O)oc(OC(C)=O)cc2c1. The van der Waals surface area contributed by atoms with Crippen molar-refractivity contribution in [1.29, 1.82) is 0 Å². The van der Waals surface area contributed by atoms with Crippen molar-refractivity contribution in [3.05, 3.63) is 28.6 Å². The van der Waals surface area contributed by atoms with Crippen LogP contribution in [0, 0.1) is 0 Å². The number of hydrogen-bond donors (Lipinski definition) is 1. The molecule has 1 aromatic heterocycles. The molecule has 0 aliphatic carbocycles. The predicted octanol–water partition coefficient (Wildman–Crippen LogP) is 1.43. The Morgan fingerprint density at radius 3 is 2.67 bits per heavy atom. The van der Waals surface area contributed by atoms with E-state index in [1.165, 1.54) is 32.2 Å². The molecule has 0 unspecified atom stereocenters. The van der Waals surface area contributed by atoms with Gasteiger partial charge in [-0.15, -0.1) is 0 Å². The zero-order valence-corrected chi connectivity index (χ0v) is 9.72. The maximum absolute atomic E-state index is 11.6. The van der Waals surface area contributed by atoms with Crippen molar-refractivity contribution >= 4 is 16.7 Å². The van der Waals surface area contributed by atoms with Gasteiger partial charge in [-0.05, 0) is 6.07 Å². The van der Waals surface area contributed by atoms with Gasteiger partial charge >= 0.3 is 11.6 Å². The first-order valence-corrected chi connectivity index (χ1v) is 5.04. The van der Waals surface area contributed by atoms with E-state index in [1.54, 1.807) is 0 Å². The molecule has 1 N–H and O–H groups in total. The maximum Gasteiger partial charge on any atom is 0.350 e. The molecule has 0 amide bonds. The third kappa shape index (κ3) is 2.13. The molecule has 94 valence electrons. The van der Waals surface area contributed by atoms with Crippen LogP contribution in [0.15, 0.2) is 27.4 Å². The van der Waals surface area contributed by atoms with Crippen LogP contribution in [0.1, 0.15) is 6.92 Å². The highest BCUT2D eigenvalue weighted by Crippen LogP contribution is 2.29. The molecule has 0 spiro atoms. The average Bonchev–Trinajstić information content (AvgIpc) is 2.26. The van der Waals surface area contributed by atoms with Crippen LogP contribution < -0.4 is 15.1 Å². The highest BCUT2D eigenvalue weighted by atomic mass is 16.6. The van der Waals surface area contributed by atoms with Gasteiger partial charge in [0.05, 0.1) is 7.11 Å². The molecule has 6 nitrogen and oxygen atoms in total. The van der Waals surface area contributed by atoms with E-state index in [-0.39, 0.29) is 17.1 Å². The summed E-state index contributed by atoms with van der Waals surface area (Å²) in [5.74, 6) is -0.718. The largest absolute Gasteiger partial charge is 0.507 e. The van der Waals surface area contributed by atoms with Crippen LogP contribution in [-0.2, 0) is 4.79 Å². The number of phenolic OH excluding ortho intramolecular Hbond substituents is 1. The number of methoxy groups -OCH3 is 1. The molecule has 1 aromatic carbocycles. The van der Waals surface area contributed by atoms with Crippen molar-refractivity contribution in [3.8, 4) is 17.4 Å². The van der Waals surface area contributed by atoms with Crippen LogP contribution in [0.3, 0.4) is 0 Å². The summed E-state index contributed by atoms with van der Waals surface area (Å²) in [6, 6.07) is 4.16. The Kier molecular flexibility index (Phi) is 2.93. The number of hydrogen-bond acceptors (Lipinski definition) is 6. The highest BCUT2D eigenvalue weighted by Gasteiger charge is 2.12. The maximum atomic E-state index is 11.6. The number of phenols is 1. The molecule has 0 saturated heterocycles. The van der Waals surface area contributed by atoms with Gasteiger partial charge in [0, 0.05) is 24.4 Å². The Bertz CT molecular complexity index is 670. The fourth-order valence-corrected chi connectivity index (χ4v) is 1.57. The Hall–Kier alpha value is -2.50. The van der Waals surface area contributed by atoms with E-state index in [0.29, 0.717) is 11.1 Å². The normalized spacial score (nSPS) is 10.3. The second kappa shape index (κ2) is 4.40. The van der Waals surface area contributed by atoms with E-state index in [9.17, 15) is 14.7 Å². The predicted molar refractivity (Wildman–Crippen MR) is 62.0 cm³/mol. The summed E-state index contributed by atoms with van der Waals surface area (Å²) in [4.78, 5) is 22.4. The summed E-state index contributed by atoms with van der Waals surface area (Å²) in [6.07, 6.45) is 0. The van der Waals surface area contributed by atoms with Crippen LogP contribution in [0.4, 0.5) is 0 Å². The lowest BCUT2D eigenvalue weighted by molar-refractivity contribution is -0.133. The van der Waals surface area contributed by atoms with Gasteiger partial charge in [-0.2, -0.15) is 0 Å². The lowest BCUT2D eigenvalue weighted by atomic mass is 10.1. The zero-order valence-electron chi connectivity index (χ0n) is 9.72. The number of esters is 1. The van der Waals surface area contributed by atoms with Crippen molar-refractivity contribution in [2.45, 2.75) is 6.92 Å². The van der Waals surface area contributed by atoms with Gasteiger partial charge in [0.15, 0.2) is 0 Å². The van der Waals surface area contributed by atoms with Crippen LogP contribution in [0.5, 0.6) is 17.4 Å². The number of ether oxygens (including phenoxy) is 2. The average molecular weight is 250 g/mol. The molecule has 1 heterocycles. The molecule has 0 bridgehead atoms. The standard InChI is InChI=1S/C12H10O6/c1-6(13)17-10-4-7-3-8(16-2)5-9(14)11(7)12(15)18-10/h3-5,14H,1-2H3.